The Morgan fingerprint density at radius 1 is 1.32 bits per heavy atom. The van der Waals surface area contributed by atoms with Gasteiger partial charge in [-0.05, 0) is 43.9 Å². The summed E-state index contributed by atoms with van der Waals surface area (Å²) in [5, 5.41) is 6.53. The summed E-state index contributed by atoms with van der Waals surface area (Å²) >= 11 is 5.80. The van der Waals surface area contributed by atoms with Crippen LogP contribution < -0.4 is 5.32 Å². The van der Waals surface area contributed by atoms with Crippen molar-refractivity contribution in [3.05, 3.63) is 47.0 Å². The van der Waals surface area contributed by atoms with Gasteiger partial charge in [0.1, 0.15) is 16.8 Å². The molecule has 1 amide bonds. The average molecular weight is 410 g/mol. The molecular formula is C18H15ClF3N5O. The van der Waals surface area contributed by atoms with Crippen molar-refractivity contribution in [2.75, 3.05) is 0 Å². The summed E-state index contributed by atoms with van der Waals surface area (Å²) < 4.78 is 41.1. The second-order valence-corrected chi connectivity index (χ2v) is 7.16. The van der Waals surface area contributed by atoms with Gasteiger partial charge in [-0.1, -0.05) is 11.6 Å². The fourth-order valence-corrected chi connectivity index (χ4v) is 3.18. The number of pyridine rings is 1. The van der Waals surface area contributed by atoms with E-state index in [1.807, 2.05) is 0 Å². The van der Waals surface area contributed by atoms with Crippen LogP contribution in [0.25, 0.3) is 16.9 Å². The molecule has 3 aromatic heterocycles. The minimum Gasteiger partial charge on any atom is -0.340 e. The van der Waals surface area contributed by atoms with Crippen LogP contribution in [0.5, 0.6) is 0 Å². The first-order chi connectivity index (χ1) is 13.2. The number of nitrogens with zero attached hydrogens (tertiary/aromatic N) is 4. The Morgan fingerprint density at radius 3 is 2.68 bits per heavy atom. The highest BCUT2D eigenvalue weighted by Crippen LogP contribution is 2.40. The molecule has 3 aromatic rings. The third-order valence-corrected chi connectivity index (χ3v) is 4.87. The molecule has 6 nitrogen and oxygen atoms in total. The number of aryl methyl sites for hydroxylation is 1. The predicted molar refractivity (Wildman–Crippen MR) is 96.0 cm³/mol. The molecule has 0 aromatic carbocycles. The van der Waals surface area contributed by atoms with Crippen LogP contribution in [-0.2, 0) is 0 Å². The maximum Gasteiger partial charge on any atom is 0.408 e. The topological polar surface area (TPSA) is 72.2 Å². The summed E-state index contributed by atoms with van der Waals surface area (Å²) in [5.41, 5.74) is 2.01. The number of aromatic nitrogens is 4. The highest BCUT2D eigenvalue weighted by molar-refractivity contribution is 6.29. The normalized spacial score (nSPS) is 15.6. The van der Waals surface area contributed by atoms with E-state index in [9.17, 15) is 18.0 Å². The van der Waals surface area contributed by atoms with Gasteiger partial charge in [-0.25, -0.2) is 14.5 Å². The molecule has 146 valence electrons. The van der Waals surface area contributed by atoms with E-state index in [1.165, 1.54) is 16.9 Å². The molecule has 0 spiro atoms. The van der Waals surface area contributed by atoms with Crippen LogP contribution >= 0.6 is 11.6 Å². The van der Waals surface area contributed by atoms with Crippen molar-refractivity contribution in [1.82, 2.24) is 24.9 Å². The molecule has 1 atom stereocenters. The fraction of sp³-hybridized carbons (Fsp3) is 0.333. The first-order valence-corrected chi connectivity index (χ1v) is 8.97. The zero-order valence-electron chi connectivity index (χ0n) is 14.7. The number of nitrogens with one attached hydrogen (secondary N) is 1. The fourth-order valence-electron chi connectivity index (χ4n) is 3.06. The highest BCUT2D eigenvalue weighted by Gasteiger charge is 2.49. The molecule has 0 radical (unpaired) electrons. The lowest BCUT2D eigenvalue weighted by molar-refractivity contribution is -0.158. The quantitative estimate of drug-likeness (QED) is 0.665. The van der Waals surface area contributed by atoms with E-state index < -0.39 is 24.0 Å². The van der Waals surface area contributed by atoms with Crippen molar-refractivity contribution >= 4 is 23.2 Å². The van der Waals surface area contributed by atoms with Crippen molar-refractivity contribution in [3.63, 3.8) is 0 Å². The molecule has 1 N–H and O–H groups in total. The summed E-state index contributed by atoms with van der Waals surface area (Å²) in [6.07, 6.45) is -0.837. The maximum absolute atomic E-state index is 13.2. The Hall–Kier alpha value is -2.68. The zero-order chi connectivity index (χ0) is 20.1. The Labute approximate surface area is 162 Å². The molecule has 0 bridgehead atoms. The van der Waals surface area contributed by atoms with Gasteiger partial charge in [0, 0.05) is 17.5 Å². The molecule has 1 saturated carbocycles. The third-order valence-electron chi connectivity index (χ3n) is 4.65. The van der Waals surface area contributed by atoms with Gasteiger partial charge >= 0.3 is 6.18 Å². The number of fused-ring (bicyclic) bond motifs is 1. The van der Waals surface area contributed by atoms with Gasteiger partial charge in [0.2, 0.25) is 0 Å². The SMILES string of the molecule is Cc1cc(-c2ccc(Cl)nc2)nc2c(C(=O)N[C@@H](C3CC3)C(F)(F)F)cnn12. The first kappa shape index (κ1) is 18.7. The summed E-state index contributed by atoms with van der Waals surface area (Å²) in [6.45, 7) is 1.76. The number of hydrogen-bond donors (Lipinski definition) is 1. The van der Waals surface area contributed by atoms with Crippen molar-refractivity contribution in [2.24, 2.45) is 5.92 Å². The summed E-state index contributed by atoms with van der Waals surface area (Å²) in [4.78, 5) is 21.0. The van der Waals surface area contributed by atoms with Crippen LogP contribution in [0.15, 0.2) is 30.6 Å². The molecule has 1 aliphatic carbocycles. The van der Waals surface area contributed by atoms with Crippen molar-refractivity contribution in [3.8, 4) is 11.3 Å². The van der Waals surface area contributed by atoms with Crippen molar-refractivity contribution in [1.29, 1.82) is 0 Å². The number of rotatable bonds is 4. The maximum atomic E-state index is 13.2. The second-order valence-electron chi connectivity index (χ2n) is 6.78. The van der Waals surface area contributed by atoms with E-state index in [0.717, 1.165) is 0 Å². The van der Waals surface area contributed by atoms with E-state index in [-0.39, 0.29) is 11.2 Å². The summed E-state index contributed by atoms with van der Waals surface area (Å²) in [5.74, 6) is -1.42. The Bertz CT molecular complexity index is 1040. The number of carbonyl (C=O) groups excluding carboxylic acids is 1. The van der Waals surface area contributed by atoms with E-state index in [0.29, 0.717) is 34.9 Å². The lowest BCUT2D eigenvalue weighted by atomic mass is 10.1. The van der Waals surface area contributed by atoms with Gasteiger partial charge in [0.25, 0.3) is 5.91 Å². The smallest absolute Gasteiger partial charge is 0.340 e. The minimum atomic E-state index is -4.50. The predicted octanol–water partition coefficient (Wildman–Crippen LogP) is 3.82. The average Bonchev–Trinajstić information content (AvgIpc) is 3.37. The third kappa shape index (κ3) is 3.54. The van der Waals surface area contributed by atoms with Crippen molar-refractivity contribution in [2.45, 2.75) is 32.0 Å². The molecule has 0 aliphatic heterocycles. The lowest BCUT2D eigenvalue weighted by Gasteiger charge is -2.20. The largest absolute Gasteiger partial charge is 0.408 e. The molecule has 1 fully saturated rings. The van der Waals surface area contributed by atoms with E-state index >= 15 is 0 Å². The Balaban J connectivity index is 1.71. The van der Waals surface area contributed by atoms with Crippen LogP contribution in [0.1, 0.15) is 28.9 Å². The van der Waals surface area contributed by atoms with Gasteiger partial charge in [-0.2, -0.15) is 18.3 Å². The minimum absolute atomic E-state index is 0.0122. The molecule has 28 heavy (non-hydrogen) atoms. The van der Waals surface area contributed by atoms with Crippen LogP contribution in [0, 0.1) is 12.8 Å². The molecule has 1 aliphatic rings. The van der Waals surface area contributed by atoms with E-state index in [1.54, 1.807) is 25.1 Å². The number of alkyl halides is 3. The molecular weight excluding hydrogens is 395 g/mol. The number of halogens is 4. The highest BCUT2D eigenvalue weighted by atomic mass is 35.5. The molecule has 3 heterocycles. The summed E-state index contributed by atoms with van der Waals surface area (Å²) in [7, 11) is 0. The monoisotopic (exact) mass is 409 g/mol. The van der Waals surface area contributed by atoms with E-state index in [2.05, 4.69) is 20.4 Å². The number of amides is 1. The van der Waals surface area contributed by atoms with Crippen LogP contribution in [-0.4, -0.2) is 37.7 Å². The van der Waals surface area contributed by atoms with Gasteiger partial charge < -0.3 is 5.32 Å². The van der Waals surface area contributed by atoms with Gasteiger partial charge in [-0.3, -0.25) is 4.79 Å². The summed E-state index contributed by atoms with van der Waals surface area (Å²) in [6, 6.07) is 3.21. The number of hydrogen-bond acceptors (Lipinski definition) is 4. The van der Waals surface area contributed by atoms with Gasteiger partial charge in [-0.15, -0.1) is 0 Å². The van der Waals surface area contributed by atoms with Crippen LogP contribution in [0.2, 0.25) is 5.15 Å². The first-order valence-electron chi connectivity index (χ1n) is 8.59. The number of carbonyl (C=O) groups is 1. The molecule has 10 heteroatoms. The molecule has 0 unspecified atom stereocenters. The van der Waals surface area contributed by atoms with E-state index in [4.69, 9.17) is 11.6 Å². The standard InChI is InChI=1S/C18H15ClF3N5O/c1-9-6-13(11-4-5-14(19)23-7-11)25-16-12(8-24-27(9)16)17(28)26-15(10-2-3-10)18(20,21)22/h4-8,10,15H,2-3H2,1H3,(H,26,28)/t15-/m0/s1. The Morgan fingerprint density at radius 2 is 2.07 bits per heavy atom. The zero-order valence-corrected chi connectivity index (χ0v) is 15.4. The molecule has 0 saturated heterocycles. The van der Waals surface area contributed by atoms with Crippen molar-refractivity contribution < 1.29 is 18.0 Å². The Kier molecular flexibility index (Phi) is 4.49. The second kappa shape index (κ2) is 6.73. The van der Waals surface area contributed by atoms with Crippen LogP contribution in [0.3, 0.4) is 0 Å². The van der Waals surface area contributed by atoms with Gasteiger partial charge in [0.15, 0.2) is 5.65 Å². The van der Waals surface area contributed by atoms with Gasteiger partial charge in [0.05, 0.1) is 11.9 Å². The molecule has 4 rings (SSSR count). The van der Waals surface area contributed by atoms with Crippen LogP contribution in [0.4, 0.5) is 13.2 Å². The lowest BCUT2D eigenvalue weighted by Crippen LogP contribution is -2.46.